The molecular weight excluding hydrogens is 262 g/mol. The number of alkyl halides is 2. The summed E-state index contributed by atoms with van der Waals surface area (Å²) in [6, 6.07) is 0. The third-order valence-corrected chi connectivity index (χ3v) is 3.66. The number of carboxylic acids is 1. The van der Waals surface area contributed by atoms with E-state index < -0.39 is 18.3 Å². The van der Waals surface area contributed by atoms with Crippen LogP contribution < -0.4 is 0 Å². The Bertz CT molecular complexity index is 243. The molecule has 0 aliphatic heterocycles. The fraction of sp³-hybridized carbons (Fsp3) is 0.938. The summed E-state index contributed by atoms with van der Waals surface area (Å²) in [6.07, 6.45) is 12.8. The van der Waals surface area contributed by atoms with Gasteiger partial charge in [-0.2, -0.15) is 8.78 Å². The van der Waals surface area contributed by atoms with Crippen molar-refractivity contribution in [2.24, 2.45) is 0 Å². The summed E-state index contributed by atoms with van der Waals surface area (Å²) in [6.45, 7) is 2.21. The van der Waals surface area contributed by atoms with Crippen molar-refractivity contribution in [1.82, 2.24) is 0 Å². The molecule has 0 unspecified atom stereocenters. The van der Waals surface area contributed by atoms with Crippen molar-refractivity contribution in [2.75, 3.05) is 0 Å². The largest absolute Gasteiger partial charge is 0.477 e. The van der Waals surface area contributed by atoms with Gasteiger partial charge in [-0.3, -0.25) is 0 Å². The van der Waals surface area contributed by atoms with Crippen molar-refractivity contribution in [3.8, 4) is 0 Å². The van der Waals surface area contributed by atoms with Crippen LogP contribution in [0.15, 0.2) is 0 Å². The number of carboxylic acid groups (broad SMARTS) is 1. The van der Waals surface area contributed by atoms with Gasteiger partial charge >= 0.3 is 11.9 Å². The Hall–Kier alpha value is -0.670. The summed E-state index contributed by atoms with van der Waals surface area (Å²) in [5.41, 5.74) is 0. The van der Waals surface area contributed by atoms with Gasteiger partial charge in [0, 0.05) is 6.42 Å². The lowest BCUT2D eigenvalue weighted by Gasteiger charge is -2.10. The van der Waals surface area contributed by atoms with E-state index in [-0.39, 0.29) is 0 Å². The highest BCUT2D eigenvalue weighted by molar-refractivity contribution is 5.75. The Kier molecular flexibility index (Phi) is 11.7. The Morgan fingerprint density at radius 1 is 0.800 bits per heavy atom. The lowest BCUT2D eigenvalue weighted by atomic mass is 10.0. The molecule has 0 aliphatic carbocycles. The fourth-order valence-corrected chi connectivity index (χ4v) is 2.29. The number of unbranched alkanes of at least 4 members (excludes halogenated alkanes) is 11. The van der Waals surface area contributed by atoms with Crippen LogP contribution in [-0.2, 0) is 4.79 Å². The maximum absolute atomic E-state index is 12.8. The first kappa shape index (κ1) is 19.3. The number of aliphatic carboxylic acids is 1. The van der Waals surface area contributed by atoms with Crippen molar-refractivity contribution in [3.63, 3.8) is 0 Å². The maximum atomic E-state index is 12.8. The Morgan fingerprint density at radius 3 is 1.50 bits per heavy atom. The molecule has 0 saturated heterocycles. The lowest BCUT2D eigenvalue weighted by Crippen LogP contribution is -2.27. The molecule has 0 aromatic heterocycles. The van der Waals surface area contributed by atoms with Crippen LogP contribution in [0.5, 0.6) is 0 Å². The van der Waals surface area contributed by atoms with Crippen molar-refractivity contribution >= 4 is 5.97 Å². The first-order valence-corrected chi connectivity index (χ1v) is 8.12. The van der Waals surface area contributed by atoms with Crippen LogP contribution in [0.3, 0.4) is 0 Å². The molecule has 20 heavy (non-hydrogen) atoms. The first-order chi connectivity index (χ1) is 9.50. The second-order valence-electron chi connectivity index (χ2n) is 5.65. The van der Waals surface area contributed by atoms with E-state index in [1.54, 1.807) is 0 Å². The fourth-order valence-electron chi connectivity index (χ4n) is 2.29. The van der Waals surface area contributed by atoms with E-state index in [9.17, 15) is 13.6 Å². The molecule has 0 radical (unpaired) electrons. The minimum atomic E-state index is -3.54. The van der Waals surface area contributed by atoms with Crippen molar-refractivity contribution in [2.45, 2.75) is 96.3 Å². The molecule has 120 valence electrons. The molecule has 1 N–H and O–H groups in total. The first-order valence-electron chi connectivity index (χ1n) is 8.12. The summed E-state index contributed by atoms with van der Waals surface area (Å²) in [5.74, 6) is -5.54. The summed E-state index contributed by atoms with van der Waals surface area (Å²) >= 11 is 0. The Balaban J connectivity index is 3.19. The highest BCUT2D eigenvalue weighted by atomic mass is 19.3. The van der Waals surface area contributed by atoms with Gasteiger partial charge < -0.3 is 5.11 Å². The van der Waals surface area contributed by atoms with Crippen LogP contribution in [0.4, 0.5) is 8.78 Å². The molecule has 0 bridgehead atoms. The van der Waals surface area contributed by atoms with Gasteiger partial charge in [-0.05, 0) is 6.42 Å². The Morgan fingerprint density at radius 2 is 1.15 bits per heavy atom. The summed E-state index contributed by atoms with van der Waals surface area (Å²) in [4.78, 5) is 10.2. The Labute approximate surface area is 122 Å². The van der Waals surface area contributed by atoms with Gasteiger partial charge in [0.25, 0.3) is 0 Å². The molecule has 0 aromatic carbocycles. The standard InChI is InChI=1S/C16H30F2O2/c1-2-3-4-5-6-7-8-9-10-11-12-13-14-16(17,18)15(19)20/h2-14H2,1H3,(H,19,20). The zero-order valence-corrected chi connectivity index (χ0v) is 12.8. The number of halogens is 2. The molecule has 2 nitrogen and oxygen atoms in total. The molecular formula is C16H30F2O2. The minimum absolute atomic E-state index is 0.302. The van der Waals surface area contributed by atoms with E-state index in [1.807, 2.05) is 0 Å². The second kappa shape index (κ2) is 12.1. The molecule has 0 heterocycles. The minimum Gasteiger partial charge on any atom is -0.477 e. The van der Waals surface area contributed by atoms with Crippen LogP contribution in [0, 0.1) is 0 Å². The molecule has 0 aromatic rings. The highest BCUT2D eigenvalue weighted by Crippen LogP contribution is 2.22. The SMILES string of the molecule is CCCCCCCCCCCCCCC(F)(F)C(=O)O. The van der Waals surface area contributed by atoms with E-state index in [0.717, 1.165) is 12.8 Å². The second-order valence-corrected chi connectivity index (χ2v) is 5.65. The number of rotatable bonds is 14. The molecule has 0 atom stereocenters. The third kappa shape index (κ3) is 11.2. The molecule has 0 saturated carbocycles. The van der Waals surface area contributed by atoms with Gasteiger partial charge in [-0.25, -0.2) is 4.79 Å². The van der Waals surface area contributed by atoms with E-state index in [0.29, 0.717) is 12.8 Å². The average molecular weight is 292 g/mol. The third-order valence-electron chi connectivity index (χ3n) is 3.66. The molecule has 0 rings (SSSR count). The van der Waals surface area contributed by atoms with Crippen molar-refractivity contribution in [3.05, 3.63) is 0 Å². The van der Waals surface area contributed by atoms with Crippen molar-refractivity contribution in [1.29, 1.82) is 0 Å². The van der Waals surface area contributed by atoms with E-state index >= 15 is 0 Å². The van der Waals surface area contributed by atoms with Gasteiger partial charge in [0.1, 0.15) is 0 Å². The molecule has 0 spiro atoms. The van der Waals surface area contributed by atoms with E-state index in [2.05, 4.69) is 6.92 Å². The monoisotopic (exact) mass is 292 g/mol. The number of carbonyl (C=O) groups is 1. The zero-order valence-electron chi connectivity index (χ0n) is 12.8. The van der Waals surface area contributed by atoms with Crippen LogP contribution in [0.2, 0.25) is 0 Å². The average Bonchev–Trinajstić information content (AvgIpc) is 2.39. The zero-order chi connectivity index (χ0) is 15.3. The molecule has 4 heteroatoms. The normalized spacial score (nSPS) is 11.8. The van der Waals surface area contributed by atoms with Crippen LogP contribution >= 0.6 is 0 Å². The van der Waals surface area contributed by atoms with Gasteiger partial charge in [-0.15, -0.1) is 0 Å². The molecule has 0 amide bonds. The predicted molar refractivity (Wildman–Crippen MR) is 78.3 cm³/mol. The molecule has 0 fully saturated rings. The maximum Gasteiger partial charge on any atom is 0.374 e. The highest BCUT2D eigenvalue weighted by Gasteiger charge is 2.37. The summed E-state index contributed by atoms with van der Waals surface area (Å²) in [7, 11) is 0. The van der Waals surface area contributed by atoms with Crippen LogP contribution in [-0.4, -0.2) is 17.0 Å². The van der Waals surface area contributed by atoms with Crippen LogP contribution in [0.25, 0.3) is 0 Å². The van der Waals surface area contributed by atoms with E-state index in [1.165, 1.54) is 51.4 Å². The topological polar surface area (TPSA) is 37.3 Å². The predicted octanol–water partition coefficient (Wildman–Crippen LogP) is 5.80. The summed E-state index contributed by atoms with van der Waals surface area (Å²) in [5, 5.41) is 8.27. The summed E-state index contributed by atoms with van der Waals surface area (Å²) < 4.78 is 25.5. The van der Waals surface area contributed by atoms with Crippen LogP contribution in [0.1, 0.15) is 90.4 Å². The lowest BCUT2D eigenvalue weighted by molar-refractivity contribution is -0.165. The smallest absolute Gasteiger partial charge is 0.374 e. The van der Waals surface area contributed by atoms with Gasteiger partial charge in [0.05, 0.1) is 0 Å². The van der Waals surface area contributed by atoms with Crippen molar-refractivity contribution < 1.29 is 18.7 Å². The number of hydrogen-bond acceptors (Lipinski definition) is 1. The number of hydrogen-bond donors (Lipinski definition) is 1. The van der Waals surface area contributed by atoms with Gasteiger partial charge in [-0.1, -0.05) is 77.6 Å². The quantitative estimate of drug-likeness (QED) is 0.411. The van der Waals surface area contributed by atoms with Gasteiger partial charge in [0.2, 0.25) is 0 Å². The molecule has 0 aliphatic rings. The van der Waals surface area contributed by atoms with E-state index in [4.69, 9.17) is 5.11 Å². The van der Waals surface area contributed by atoms with Gasteiger partial charge in [0.15, 0.2) is 0 Å².